The van der Waals surface area contributed by atoms with E-state index in [0.29, 0.717) is 22.2 Å². The average molecular weight is 408 g/mol. The molecule has 0 saturated heterocycles. The lowest BCUT2D eigenvalue weighted by molar-refractivity contribution is -0.113. The van der Waals surface area contributed by atoms with Crippen LogP contribution in [-0.4, -0.2) is 26.5 Å². The molecule has 1 heterocycles. The van der Waals surface area contributed by atoms with Gasteiger partial charge in [0.2, 0.25) is 11.1 Å². The van der Waals surface area contributed by atoms with Crippen LogP contribution in [0.3, 0.4) is 0 Å². The van der Waals surface area contributed by atoms with E-state index in [1.54, 1.807) is 24.3 Å². The maximum absolute atomic E-state index is 12.1. The number of nitrogens with zero attached hydrogens (tertiary/aromatic N) is 4. The summed E-state index contributed by atoms with van der Waals surface area (Å²) in [6, 6.07) is 14.6. The molecule has 0 aliphatic heterocycles. The zero-order chi connectivity index (χ0) is 20.8. The fourth-order valence-corrected chi connectivity index (χ4v) is 3.30. The monoisotopic (exact) mass is 408 g/mol. The van der Waals surface area contributed by atoms with E-state index in [-0.39, 0.29) is 18.3 Å². The summed E-state index contributed by atoms with van der Waals surface area (Å²) < 4.78 is 7.18. The molecule has 0 bridgehead atoms. The smallest absolute Gasteiger partial charge is 0.234 e. The van der Waals surface area contributed by atoms with Gasteiger partial charge in [-0.05, 0) is 49.2 Å². The Bertz CT molecular complexity index is 1040. The van der Waals surface area contributed by atoms with Gasteiger partial charge >= 0.3 is 0 Å². The third kappa shape index (κ3) is 5.06. The Morgan fingerprint density at radius 2 is 1.90 bits per heavy atom. The van der Waals surface area contributed by atoms with Crippen LogP contribution < -0.4 is 15.9 Å². The highest BCUT2D eigenvalue weighted by Crippen LogP contribution is 2.23. The average Bonchev–Trinajstić information content (AvgIpc) is 3.06. The minimum Gasteiger partial charge on any atom is -0.485 e. The first-order chi connectivity index (χ1) is 14.0. The molecule has 0 saturated carbocycles. The number of nitrogens with one attached hydrogen (secondary N) is 1. The molecule has 3 rings (SSSR count). The van der Waals surface area contributed by atoms with Crippen LogP contribution in [0.15, 0.2) is 47.6 Å². The number of nitrogens with two attached hydrogens (primary N) is 1. The van der Waals surface area contributed by atoms with Crippen molar-refractivity contribution in [1.29, 1.82) is 5.26 Å². The lowest BCUT2D eigenvalue weighted by Gasteiger charge is -2.11. The number of para-hydroxylation sites is 1. The molecular weight excluding hydrogens is 388 g/mol. The number of hydrogen-bond donors (Lipinski definition) is 2. The number of amides is 1. The third-order valence-corrected chi connectivity index (χ3v) is 5.06. The first kappa shape index (κ1) is 20.2. The van der Waals surface area contributed by atoms with Crippen molar-refractivity contribution in [3.63, 3.8) is 0 Å². The fraction of sp³-hybridized carbons (Fsp3) is 0.200. The van der Waals surface area contributed by atoms with Gasteiger partial charge in [0.15, 0.2) is 5.82 Å². The SMILES string of the molecule is Cc1cccc(C)c1OCc1nnc(SCC(=O)Nc2ccc(C#N)cc2)n1N. The number of nitrogen functional groups attached to an aromatic ring is 1. The molecule has 0 atom stereocenters. The quantitative estimate of drug-likeness (QED) is 0.456. The second-order valence-corrected chi connectivity index (χ2v) is 7.25. The van der Waals surface area contributed by atoms with Crippen molar-refractivity contribution in [1.82, 2.24) is 14.9 Å². The minimum atomic E-state index is -0.212. The lowest BCUT2D eigenvalue weighted by Crippen LogP contribution is -2.18. The highest BCUT2D eigenvalue weighted by molar-refractivity contribution is 7.99. The molecule has 0 aliphatic carbocycles. The first-order valence-corrected chi connectivity index (χ1v) is 9.77. The van der Waals surface area contributed by atoms with E-state index < -0.39 is 0 Å². The normalized spacial score (nSPS) is 10.4. The van der Waals surface area contributed by atoms with E-state index in [9.17, 15) is 4.79 Å². The summed E-state index contributed by atoms with van der Waals surface area (Å²) in [6.07, 6.45) is 0. The van der Waals surface area contributed by atoms with Crippen LogP contribution in [-0.2, 0) is 11.4 Å². The van der Waals surface area contributed by atoms with Crippen molar-refractivity contribution >= 4 is 23.4 Å². The fourth-order valence-electron chi connectivity index (χ4n) is 2.62. The number of rotatable bonds is 7. The largest absolute Gasteiger partial charge is 0.485 e. The van der Waals surface area contributed by atoms with Gasteiger partial charge in [0.25, 0.3) is 0 Å². The summed E-state index contributed by atoms with van der Waals surface area (Å²) in [5, 5.41) is 20.1. The highest BCUT2D eigenvalue weighted by atomic mass is 32.2. The summed E-state index contributed by atoms with van der Waals surface area (Å²) in [4.78, 5) is 12.1. The molecule has 0 spiro atoms. The van der Waals surface area contributed by atoms with Gasteiger partial charge in [0.1, 0.15) is 12.4 Å². The zero-order valence-electron chi connectivity index (χ0n) is 16.0. The van der Waals surface area contributed by atoms with E-state index in [1.807, 2.05) is 38.1 Å². The molecule has 2 aromatic carbocycles. The predicted octanol–water partition coefficient (Wildman–Crippen LogP) is 2.79. The number of nitriles is 1. The molecule has 0 unspecified atom stereocenters. The highest BCUT2D eigenvalue weighted by Gasteiger charge is 2.14. The lowest BCUT2D eigenvalue weighted by atomic mass is 10.1. The van der Waals surface area contributed by atoms with Gasteiger partial charge in [0, 0.05) is 5.69 Å². The van der Waals surface area contributed by atoms with Crippen LogP contribution in [0.5, 0.6) is 5.75 Å². The van der Waals surface area contributed by atoms with E-state index in [2.05, 4.69) is 15.5 Å². The second-order valence-electron chi connectivity index (χ2n) is 6.30. The number of benzene rings is 2. The van der Waals surface area contributed by atoms with E-state index in [1.165, 1.54) is 16.4 Å². The molecule has 9 heteroatoms. The van der Waals surface area contributed by atoms with Gasteiger partial charge in [-0.3, -0.25) is 4.79 Å². The van der Waals surface area contributed by atoms with Gasteiger partial charge in [-0.25, -0.2) is 4.68 Å². The summed E-state index contributed by atoms with van der Waals surface area (Å²) >= 11 is 1.18. The second kappa shape index (κ2) is 9.12. The number of aromatic nitrogens is 3. The van der Waals surface area contributed by atoms with E-state index in [0.717, 1.165) is 16.9 Å². The predicted molar refractivity (Wildman–Crippen MR) is 111 cm³/mol. The molecule has 0 radical (unpaired) electrons. The Balaban J connectivity index is 1.55. The summed E-state index contributed by atoms with van der Waals surface area (Å²) in [6.45, 7) is 4.12. The van der Waals surface area contributed by atoms with Gasteiger partial charge < -0.3 is 15.9 Å². The van der Waals surface area contributed by atoms with Crippen LogP contribution in [0.4, 0.5) is 5.69 Å². The van der Waals surface area contributed by atoms with E-state index in [4.69, 9.17) is 15.8 Å². The molecule has 8 nitrogen and oxygen atoms in total. The summed E-state index contributed by atoms with van der Waals surface area (Å²) in [5.41, 5.74) is 3.21. The van der Waals surface area contributed by atoms with Crippen molar-refractivity contribution in [2.75, 3.05) is 16.9 Å². The third-order valence-electron chi connectivity index (χ3n) is 4.12. The van der Waals surface area contributed by atoms with Crippen molar-refractivity contribution in [3.05, 3.63) is 65.0 Å². The maximum atomic E-state index is 12.1. The van der Waals surface area contributed by atoms with E-state index >= 15 is 0 Å². The number of anilines is 1. The standard InChI is InChI=1S/C20H20N6O2S/c1-13-4-3-5-14(2)19(13)28-11-17-24-25-20(26(17)22)29-12-18(27)23-16-8-6-15(10-21)7-9-16/h3-9H,11-12,22H2,1-2H3,(H,23,27). The minimum absolute atomic E-state index is 0.118. The van der Waals surface area contributed by atoms with Gasteiger partial charge in [0.05, 0.1) is 17.4 Å². The van der Waals surface area contributed by atoms with Crippen LogP contribution in [0.25, 0.3) is 0 Å². The molecule has 3 aromatic rings. The summed E-state index contributed by atoms with van der Waals surface area (Å²) in [7, 11) is 0. The Kier molecular flexibility index (Phi) is 6.36. The van der Waals surface area contributed by atoms with Crippen LogP contribution in [0, 0.1) is 25.2 Å². The van der Waals surface area contributed by atoms with Gasteiger partial charge in [-0.15, -0.1) is 10.2 Å². The zero-order valence-corrected chi connectivity index (χ0v) is 16.9. The molecule has 0 fully saturated rings. The number of carbonyl (C=O) groups excluding carboxylic acids is 1. The van der Waals surface area contributed by atoms with Crippen LogP contribution in [0.1, 0.15) is 22.5 Å². The number of aryl methyl sites for hydroxylation is 2. The van der Waals surface area contributed by atoms with Crippen molar-refractivity contribution in [3.8, 4) is 11.8 Å². The van der Waals surface area contributed by atoms with Crippen molar-refractivity contribution in [2.45, 2.75) is 25.6 Å². The molecule has 148 valence electrons. The Morgan fingerprint density at radius 1 is 1.21 bits per heavy atom. The molecule has 1 aromatic heterocycles. The van der Waals surface area contributed by atoms with Crippen molar-refractivity contribution in [2.24, 2.45) is 0 Å². The first-order valence-electron chi connectivity index (χ1n) is 8.79. The Labute approximate surface area is 172 Å². The van der Waals surface area contributed by atoms with Crippen LogP contribution >= 0.6 is 11.8 Å². The topological polar surface area (TPSA) is 119 Å². The van der Waals surface area contributed by atoms with Crippen LogP contribution in [0.2, 0.25) is 0 Å². The van der Waals surface area contributed by atoms with Gasteiger partial charge in [-0.2, -0.15) is 5.26 Å². The van der Waals surface area contributed by atoms with Crippen molar-refractivity contribution < 1.29 is 9.53 Å². The molecule has 3 N–H and O–H groups in total. The maximum Gasteiger partial charge on any atom is 0.234 e. The number of hydrogen-bond acceptors (Lipinski definition) is 7. The van der Waals surface area contributed by atoms with Gasteiger partial charge in [-0.1, -0.05) is 30.0 Å². The Morgan fingerprint density at radius 3 is 2.55 bits per heavy atom. The summed E-state index contributed by atoms with van der Waals surface area (Å²) in [5.74, 6) is 7.21. The Hall–Kier alpha value is -3.51. The number of ether oxygens (including phenoxy) is 1. The molecule has 1 amide bonds. The number of carbonyl (C=O) groups is 1. The molecule has 29 heavy (non-hydrogen) atoms. The molecule has 0 aliphatic rings. The molecular formula is C20H20N6O2S. The number of thioether (sulfide) groups is 1.